The number of hydrogen-bond acceptors (Lipinski definition) is 6. The molecular formula is C19H27ClN4O3. The Hall–Kier alpha value is -1.76. The highest BCUT2D eigenvalue weighted by molar-refractivity contribution is 6.29. The molecule has 1 aromatic heterocycles. The average Bonchev–Trinajstić information content (AvgIpc) is 2.75. The van der Waals surface area contributed by atoms with E-state index in [1.165, 1.54) is 0 Å². The van der Waals surface area contributed by atoms with E-state index in [-0.39, 0.29) is 18.2 Å². The number of carbonyl (C=O) groups excluding carboxylic acids is 1. The van der Waals surface area contributed by atoms with Crippen LogP contribution in [0.1, 0.15) is 52.9 Å². The molecule has 1 amide bonds. The molecule has 3 atom stereocenters. The molecule has 1 aromatic rings. The molecule has 0 saturated carbocycles. The summed E-state index contributed by atoms with van der Waals surface area (Å²) in [5.41, 5.74) is -0.469. The van der Waals surface area contributed by atoms with E-state index in [2.05, 4.69) is 15.1 Å². The van der Waals surface area contributed by atoms with Crippen molar-refractivity contribution >= 4 is 23.5 Å². The van der Waals surface area contributed by atoms with E-state index in [0.29, 0.717) is 23.6 Å². The Morgan fingerprint density at radius 1 is 1.22 bits per heavy atom. The minimum atomic E-state index is -0.469. The van der Waals surface area contributed by atoms with Gasteiger partial charge in [0.05, 0.1) is 6.61 Å². The van der Waals surface area contributed by atoms with Gasteiger partial charge in [-0.05, 0) is 52.9 Å². The molecule has 0 aromatic carbocycles. The minimum absolute atomic E-state index is 0.181. The Morgan fingerprint density at radius 2 is 1.93 bits per heavy atom. The topological polar surface area (TPSA) is 67.8 Å². The third kappa shape index (κ3) is 3.79. The standard InChI is InChI=1S/C19H27ClN4O3/c1-19(2,3)27-18(25)24-12-5-6-13(24)10-14(9-12)23-7-4-8-26-15-11-16(20)21-22-17(15)23/h11-14H,4-10H2,1-3H3/t12-,13+,14?. The second kappa shape index (κ2) is 7.00. The van der Waals surface area contributed by atoms with Crippen LogP contribution in [-0.4, -0.2) is 58.1 Å². The maximum Gasteiger partial charge on any atom is 0.410 e. The summed E-state index contributed by atoms with van der Waals surface area (Å²) >= 11 is 6.00. The lowest BCUT2D eigenvalue weighted by Crippen LogP contribution is -2.54. The third-order valence-electron chi connectivity index (χ3n) is 5.54. The number of ether oxygens (including phenoxy) is 2. The molecule has 3 aliphatic heterocycles. The van der Waals surface area contributed by atoms with Crippen molar-refractivity contribution in [3.63, 3.8) is 0 Å². The summed E-state index contributed by atoms with van der Waals surface area (Å²) in [6.45, 7) is 7.27. The van der Waals surface area contributed by atoms with E-state index in [1.807, 2.05) is 25.7 Å². The van der Waals surface area contributed by atoms with Crippen LogP contribution in [-0.2, 0) is 4.74 Å². The summed E-state index contributed by atoms with van der Waals surface area (Å²) in [5, 5.41) is 8.69. The van der Waals surface area contributed by atoms with E-state index < -0.39 is 5.60 Å². The van der Waals surface area contributed by atoms with E-state index in [4.69, 9.17) is 21.1 Å². The van der Waals surface area contributed by atoms with E-state index in [1.54, 1.807) is 6.07 Å². The van der Waals surface area contributed by atoms with Gasteiger partial charge in [0, 0.05) is 30.7 Å². The molecule has 0 N–H and O–H groups in total. The first-order chi connectivity index (χ1) is 12.8. The van der Waals surface area contributed by atoms with Crippen LogP contribution in [0.4, 0.5) is 10.6 Å². The highest BCUT2D eigenvalue weighted by Crippen LogP contribution is 2.41. The van der Waals surface area contributed by atoms with Gasteiger partial charge in [-0.3, -0.25) is 0 Å². The summed E-state index contributed by atoms with van der Waals surface area (Å²) in [6.07, 6.45) is 4.64. The second-order valence-corrected chi connectivity index (χ2v) is 9.04. The Bertz CT molecular complexity index is 709. The number of nitrogens with zero attached hydrogens (tertiary/aromatic N) is 4. The molecule has 3 aliphatic rings. The smallest absolute Gasteiger partial charge is 0.410 e. The normalized spacial score (nSPS) is 27.6. The van der Waals surface area contributed by atoms with Crippen molar-refractivity contribution in [2.45, 2.75) is 76.6 Å². The first-order valence-corrected chi connectivity index (χ1v) is 10.1. The van der Waals surface area contributed by atoms with Gasteiger partial charge in [0.1, 0.15) is 5.60 Å². The SMILES string of the molecule is CC(C)(C)OC(=O)N1[C@@H]2CC[C@H]1CC(N1CCCOc3cc(Cl)nnc31)C2. The van der Waals surface area contributed by atoms with Gasteiger partial charge in [0.2, 0.25) is 0 Å². The monoisotopic (exact) mass is 394 g/mol. The van der Waals surface area contributed by atoms with Crippen molar-refractivity contribution in [1.82, 2.24) is 15.1 Å². The van der Waals surface area contributed by atoms with Crippen LogP contribution < -0.4 is 9.64 Å². The predicted octanol–water partition coefficient (Wildman–Crippen LogP) is 3.65. The number of rotatable bonds is 1. The minimum Gasteiger partial charge on any atom is -0.489 e. The summed E-state index contributed by atoms with van der Waals surface area (Å²) in [6, 6.07) is 2.50. The molecule has 2 bridgehead atoms. The average molecular weight is 395 g/mol. The summed E-state index contributed by atoms with van der Waals surface area (Å²) in [7, 11) is 0. The van der Waals surface area contributed by atoms with Gasteiger partial charge in [-0.2, -0.15) is 0 Å². The molecule has 4 heterocycles. The largest absolute Gasteiger partial charge is 0.489 e. The predicted molar refractivity (Wildman–Crippen MR) is 102 cm³/mol. The van der Waals surface area contributed by atoms with Gasteiger partial charge in [-0.25, -0.2) is 4.79 Å². The molecule has 4 rings (SSSR count). The first kappa shape index (κ1) is 18.6. The molecule has 2 saturated heterocycles. The maximum atomic E-state index is 12.7. The zero-order chi connectivity index (χ0) is 19.2. The summed E-state index contributed by atoms with van der Waals surface area (Å²) < 4.78 is 11.5. The van der Waals surface area contributed by atoms with Crippen LogP contribution in [0.15, 0.2) is 6.07 Å². The molecular weight excluding hydrogens is 368 g/mol. The van der Waals surface area contributed by atoms with Crippen molar-refractivity contribution in [2.24, 2.45) is 0 Å². The Balaban J connectivity index is 1.53. The fourth-order valence-corrected chi connectivity index (χ4v) is 4.68. The van der Waals surface area contributed by atoms with Gasteiger partial charge < -0.3 is 19.3 Å². The number of fused-ring (bicyclic) bond motifs is 3. The van der Waals surface area contributed by atoms with Gasteiger partial charge in [0.15, 0.2) is 16.7 Å². The highest BCUT2D eigenvalue weighted by atomic mass is 35.5. The molecule has 27 heavy (non-hydrogen) atoms. The lowest BCUT2D eigenvalue weighted by Gasteiger charge is -2.43. The van der Waals surface area contributed by atoms with Crippen LogP contribution in [0.3, 0.4) is 0 Å². The van der Waals surface area contributed by atoms with Crippen molar-refractivity contribution < 1.29 is 14.3 Å². The fraction of sp³-hybridized carbons (Fsp3) is 0.737. The zero-order valence-electron chi connectivity index (χ0n) is 16.2. The molecule has 2 fully saturated rings. The van der Waals surface area contributed by atoms with Gasteiger partial charge in [-0.15, -0.1) is 10.2 Å². The number of hydrogen-bond donors (Lipinski definition) is 0. The molecule has 148 valence electrons. The van der Waals surface area contributed by atoms with Crippen molar-refractivity contribution in [1.29, 1.82) is 0 Å². The van der Waals surface area contributed by atoms with Gasteiger partial charge in [-0.1, -0.05) is 11.6 Å². The van der Waals surface area contributed by atoms with Crippen LogP contribution in [0.2, 0.25) is 5.15 Å². The Morgan fingerprint density at radius 3 is 2.59 bits per heavy atom. The van der Waals surface area contributed by atoms with Crippen molar-refractivity contribution in [3.05, 3.63) is 11.2 Å². The number of anilines is 1. The van der Waals surface area contributed by atoms with Crippen LogP contribution in [0.5, 0.6) is 5.75 Å². The number of carbonyl (C=O) groups is 1. The summed E-state index contributed by atoms with van der Waals surface area (Å²) in [4.78, 5) is 17.0. The van der Waals surface area contributed by atoms with Crippen molar-refractivity contribution in [2.75, 3.05) is 18.1 Å². The Labute approximate surface area is 165 Å². The van der Waals surface area contributed by atoms with E-state index >= 15 is 0 Å². The van der Waals surface area contributed by atoms with E-state index in [9.17, 15) is 4.79 Å². The first-order valence-electron chi connectivity index (χ1n) is 9.76. The molecule has 0 radical (unpaired) electrons. The number of halogens is 1. The Kier molecular flexibility index (Phi) is 4.82. The summed E-state index contributed by atoms with van der Waals surface area (Å²) in [5.74, 6) is 1.47. The van der Waals surface area contributed by atoms with Gasteiger partial charge >= 0.3 is 6.09 Å². The van der Waals surface area contributed by atoms with E-state index in [0.717, 1.165) is 44.5 Å². The number of aromatic nitrogens is 2. The third-order valence-corrected chi connectivity index (χ3v) is 5.72. The number of amides is 1. The molecule has 7 nitrogen and oxygen atoms in total. The van der Waals surface area contributed by atoms with Crippen LogP contribution >= 0.6 is 11.6 Å². The van der Waals surface area contributed by atoms with Crippen LogP contribution in [0.25, 0.3) is 0 Å². The highest BCUT2D eigenvalue weighted by Gasteiger charge is 2.46. The lowest BCUT2D eigenvalue weighted by molar-refractivity contribution is 0.00582. The quantitative estimate of drug-likeness (QED) is 0.724. The molecule has 1 unspecified atom stereocenters. The maximum absolute atomic E-state index is 12.7. The zero-order valence-corrected chi connectivity index (χ0v) is 16.9. The van der Waals surface area contributed by atoms with Gasteiger partial charge in [0.25, 0.3) is 0 Å². The van der Waals surface area contributed by atoms with Crippen LogP contribution in [0, 0.1) is 0 Å². The molecule has 0 spiro atoms. The molecule has 0 aliphatic carbocycles. The fourth-order valence-electron chi connectivity index (χ4n) is 4.55. The lowest BCUT2D eigenvalue weighted by atomic mass is 9.96. The second-order valence-electron chi connectivity index (χ2n) is 8.65. The van der Waals surface area contributed by atoms with Crippen molar-refractivity contribution in [3.8, 4) is 5.75 Å². The molecule has 8 heteroatoms. The number of piperidine rings is 1.